The zero-order valence-electron chi connectivity index (χ0n) is 7.29. The first-order valence-electron chi connectivity index (χ1n) is 3.55. The van der Waals surface area contributed by atoms with Crippen molar-refractivity contribution in [1.82, 2.24) is 0 Å². The summed E-state index contributed by atoms with van der Waals surface area (Å²) in [5.74, 6) is -2.62. The molecule has 12 heavy (non-hydrogen) atoms. The van der Waals surface area contributed by atoms with Crippen LogP contribution in [0.2, 0.25) is 0 Å². The van der Waals surface area contributed by atoms with Gasteiger partial charge in [0.25, 0.3) is 0 Å². The van der Waals surface area contributed by atoms with Crippen molar-refractivity contribution in [2.45, 2.75) is 20.8 Å². The molecule has 0 saturated carbocycles. The molecule has 4 nitrogen and oxygen atoms in total. The maximum absolute atomic E-state index is 10.6. The van der Waals surface area contributed by atoms with Gasteiger partial charge in [0.1, 0.15) is 0 Å². The van der Waals surface area contributed by atoms with Gasteiger partial charge in [0, 0.05) is 11.1 Å². The Morgan fingerprint density at radius 3 is 1.58 bits per heavy atom. The van der Waals surface area contributed by atoms with Crippen molar-refractivity contribution < 1.29 is 19.8 Å². The van der Waals surface area contributed by atoms with E-state index in [1.165, 1.54) is 6.92 Å². The maximum atomic E-state index is 10.6. The van der Waals surface area contributed by atoms with Crippen LogP contribution in [0.1, 0.15) is 20.8 Å². The van der Waals surface area contributed by atoms with Crippen molar-refractivity contribution in [3.8, 4) is 0 Å². The molecular weight excluding hydrogens is 160 g/mol. The van der Waals surface area contributed by atoms with Crippen molar-refractivity contribution in [2.75, 3.05) is 0 Å². The summed E-state index contributed by atoms with van der Waals surface area (Å²) in [6, 6.07) is 0. The van der Waals surface area contributed by atoms with Crippen molar-refractivity contribution in [3.63, 3.8) is 0 Å². The van der Waals surface area contributed by atoms with Crippen molar-refractivity contribution in [3.05, 3.63) is 11.1 Å². The molecule has 0 spiro atoms. The predicted octanol–water partition coefficient (Wildman–Crippen LogP) is 1.13. The monoisotopic (exact) mass is 172 g/mol. The lowest BCUT2D eigenvalue weighted by Crippen LogP contribution is -2.13. The third kappa shape index (κ3) is 2.38. The van der Waals surface area contributed by atoms with Crippen LogP contribution in [0.15, 0.2) is 11.1 Å². The molecule has 0 amide bonds. The third-order valence-electron chi connectivity index (χ3n) is 1.53. The molecule has 0 rings (SSSR count). The summed E-state index contributed by atoms with van der Waals surface area (Å²) in [4.78, 5) is 21.0. The quantitative estimate of drug-likeness (QED) is 0.626. The van der Waals surface area contributed by atoms with Gasteiger partial charge in [-0.15, -0.1) is 0 Å². The van der Waals surface area contributed by atoms with Gasteiger partial charge in [-0.25, -0.2) is 9.59 Å². The Labute approximate surface area is 70.5 Å². The molecule has 0 aromatic rings. The standard InChI is InChI=1S/C8H12O4/c1-4(2)6(8(11)12)5(3)7(9)10/h4H,1-3H3,(H,9,10)(H,11,12)/b6-5+. The fraction of sp³-hybridized carbons (Fsp3) is 0.500. The molecule has 0 radical (unpaired) electrons. The largest absolute Gasteiger partial charge is 0.478 e. The van der Waals surface area contributed by atoms with Gasteiger partial charge in [-0.2, -0.15) is 0 Å². The highest BCUT2D eigenvalue weighted by molar-refractivity contribution is 5.98. The zero-order valence-corrected chi connectivity index (χ0v) is 7.29. The normalized spacial score (nSPS) is 12.7. The van der Waals surface area contributed by atoms with Gasteiger partial charge in [0.15, 0.2) is 0 Å². The lowest BCUT2D eigenvalue weighted by atomic mass is 9.98. The van der Waals surface area contributed by atoms with Crippen LogP contribution in [-0.2, 0) is 9.59 Å². The fourth-order valence-electron chi connectivity index (χ4n) is 0.956. The number of hydrogen-bond acceptors (Lipinski definition) is 2. The van der Waals surface area contributed by atoms with E-state index in [9.17, 15) is 9.59 Å². The molecule has 0 heterocycles. The SMILES string of the molecule is C/C(C(=O)O)=C(\C(=O)O)C(C)C. The highest BCUT2D eigenvalue weighted by Crippen LogP contribution is 2.14. The molecule has 68 valence electrons. The molecule has 0 aromatic carbocycles. The van der Waals surface area contributed by atoms with Crippen LogP contribution in [0.25, 0.3) is 0 Å². The smallest absolute Gasteiger partial charge is 0.332 e. The number of aliphatic carboxylic acids is 2. The molecular formula is C8H12O4. The van der Waals surface area contributed by atoms with Gasteiger partial charge in [-0.1, -0.05) is 13.8 Å². The van der Waals surface area contributed by atoms with Crippen LogP contribution in [-0.4, -0.2) is 22.2 Å². The maximum Gasteiger partial charge on any atom is 0.332 e. The van der Waals surface area contributed by atoms with Crippen LogP contribution in [0.5, 0.6) is 0 Å². The Morgan fingerprint density at radius 1 is 1.08 bits per heavy atom. The van der Waals surface area contributed by atoms with E-state index in [0.717, 1.165) is 0 Å². The van der Waals surface area contributed by atoms with E-state index in [1.807, 2.05) is 0 Å². The van der Waals surface area contributed by atoms with Gasteiger partial charge in [-0.05, 0) is 12.8 Å². The molecule has 0 aliphatic carbocycles. The van der Waals surface area contributed by atoms with E-state index in [4.69, 9.17) is 10.2 Å². The Balaban J connectivity index is 5.08. The predicted molar refractivity (Wildman–Crippen MR) is 42.8 cm³/mol. The number of rotatable bonds is 3. The second-order valence-corrected chi connectivity index (χ2v) is 2.80. The second kappa shape index (κ2) is 3.90. The van der Waals surface area contributed by atoms with E-state index in [2.05, 4.69) is 0 Å². The third-order valence-corrected chi connectivity index (χ3v) is 1.53. The van der Waals surface area contributed by atoms with Crippen LogP contribution in [0, 0.1) is 5.92 Å². The number of hydrogen-bond donors (Lipinski definition) is 2. The van der Waals surface area contributed by atoms with Crippen molar-refractivity contribution in [2.24, 2.45) is 5.92 Å². The first kappa shape index (κ1) is 10.7. The average molecular weight is 172 g/mol. The van der Waals surface area contributed by atoms with Gasteiger partial charge in [0.2, 0.25) is 0 Å². The van der Waals surface area contributed by atoms with Gasteiger partial charge in [-0.3, -0.25) is 0 Å². The molecule has 4 heteroatoms. The molecule has 0 saturated heterocycles. The Kier molecular flexibility index (Phi) is 3.47. The summed E-state index contributed by atoms with van der Waals surface area (Å²) in [7, 11) is 0. The van der Waals surface area contributed by atoms with E-state index in [1.54, 1.807) is 13.8 Å². The van der Waals surface area contributed by atoms with Crippen LogP contribution in [0.4, 0.5) is 0 Å². The zero-order chi connectivity index (χ0) is 9.89. The summed E-state index contributed by atoms with van der Waals surface area (Å²) in [6.07, 6.45) is 0. The minimum Gasteiger partial charge on any atom is -0.478 e. The number of carbonyl (C=O) groups is 2. The minimum absolute atomic E-state index is 0.0394. The average Bonchev–Trinajstić information content (AvgIpc) is 1.85. The van der Waals surface area contributed by atoms with Crippen molar-refractivity contribution >= 4 is 11.9 Å². The molecule has 0 atom stereocenters. The topological polar surface area (TPSA) is 74.6 Å². The highest BCUT2D eigenvalue weighted by atomic mass is 16.4. The van der Waals surface area contributed by atoms with E-state index < -0.39 is 11.9 Å². The van der Waals surface area contributed by atoms with Crippen LogP contribution < -0.4 is 0 Å². The molecule has 0 fully saturated rings. The van der Waals surface area contributed by atoms with Crippen molar-refractivity contribution in [1.29, 1.82) is 0 Å². The molecule has 0 unspecified atom stereocenters. The fourth-order valence-corrected chi connectivity index (χ4v) is 0.956. The second-order valence-electron chi connectivity index (χ2n) is 2.80. The lowest BCUT2D eigenvalue weighted by molar-refractivity contribution is -0.136. The summed E-state index contributed by atoms with van der Waals surface area (Å²) < 4.78 is 0. The van der Waals surface area contributed by atoms with Crippen LogP contribution >= 0.6 is 0 Å². The Bertz CT molecular complexity index is 237. The molecule has 0 aliphatic rings. The summed E-state index contributed by atoms with van der Waals surface area (Å²) >= 11 is 0. The number of carboxylic acid groups (broad SMARTS) is 2. The molecule has 2 N–H and O–H groups in total. The van der Waals surface area contributed by atoms with Gasteiger partial charge in [0.05, 0.1) is 0 Å². The minimum atomic E-state index is -1.18. The first-order valence-corrected chi connectivity index (χ1v) is 3.55. The Hall–Kier alpha value is -1.32. The van der Waals surface area contributed by atoms with Gasteiger partial charge < -0.3 is 10.2 Å². The lowest BCUT2D eigenvalue weighted by Gasteiger charge is -2.07. The van der Waals surface area contributed by atoms with E-state index >= 15 is 0 Å². The van der Waals surface area contributed by atoms with Crippen LogP contribution in [0.3, 0.4) is 0 Å². The first-order chi connectivity index (χ1) is 5.37. The van der Waals surface area contributed by atoms with E-state index in [0.29, 0.717) is 0 Å². The van der Waals surface area contributed by atoms with Gasteiger partial charge >= 0.3 is 11.9 Å². The number of carboxylic acids is 2. The molecule has 0 aliphatic heterocycles. The Morgan fingerprint density at radius 2 is 1.50 bits per heavy atom. The summed E-state index contributed by atoms with van der Waals surface area (Å²) in [6.45, 7) is 4.59. The van der Waals surface area contributed by atoms with E-state index in [-0.39, 0.29) is 17.1 Å². The molecule has 0 bridgehead atoms. The summed E-state index contributed by atoms with van der Waals surface area (Å²) in [5, 5.41) is 17.2. The highest BCUT2D eigenvalue weighted by Gasteiger charge is 2.18. The summed E-state index contributed by atoms with van der Waals surface area (Å²) in [5.41, 5.74) is -0.139. The molecule has 0 aromatic heterocycles.